The van der Waals surface area contributed by atoms with Crippen LogP contribution in [0.2, 0.25) is 0 Å². The Morgan fingerprint density at radius 1 is 1.33 bits per heavy atom. The summed E-state index contributed by atoms with van der Waals surface area (Å²) in [5, 5.41) is 17.5. The van der Waals surface area contributed by atoms with Crippen molar-refractivity contribution < 1.29 is 10.0 Å². The smallest absolute Gasteiger partial charge is 0.422 e. The van der Waals surface area contributed by atoms with Gasteiger partial charge in [-0.05, 0) is 12.1 Å². The standard InChI is InChI=1S/C7H11BN2O2/c1-10(2)6-3-4-7(8(11)12)9-5-6/h3-5,11-12H,1-2H3. The van der Waals surface area contributed by atoms with Crippen molar-refractivity contribution in [3.05, 3.63) is 18.3 Å². The molecule has 0 fully saturated rings. The molecule has 0 aliphatic rings. The molecule has 0 aliphatic carbocycles. The van der Waals surface area contributed by atoms with Gasteiger partial charge in [0.05, 0.1) is 11.3 Å². The number of hydrogen-bond acceptors (Lipinski definition) is 4. The van der Waals surface area contributed by atoms with Gasteiger partial charge in [0.15, 0.2) is 0 Å². The number of hydrogen-bond donors (Lipinski definition) is 2. The van der Waals surface area contributed by atoms with E-state index in [1.807, 2.05) is 19.0 Å². The number of anilines is 1. The normalized spacial score (nSPS) is 9.67. The highest BCUT2D eigenvalue weighted by molar-refractivity contribution is 6.57. The minimum Gasteiger partial charge on any atom is -0.422 e. The number of rotatable bonds is 2. The first kappa shape index (κ1) is 9.03. The zero-order chi connectivity index (χ0) is 9.14. The molecule has 0 bridgehead atoms. The van der Waals surface area contributed by atoms with Gasteiger partial charge in [-0.2, -0.15) is 0 Å². The third kappa shape index (κ3) is 1.96. The fraction of sp³-hybridized carbons (Fsp3) is 0.286. The van der Waals surface area contributed by atoms with Crippen LogP contribution in [0.4, 0.5) is 5.69 Å². The third-order valence-corrected chi connectivity index (χ3v) is 1.55. The molecule has 0 saturated heterocycles. The van der Waals surface area contributed by atoms with E-state index in [1.54, 1.807) is 18.3 Å². The summed E-state index contributed by atoms with van der Waals surface area (Å²) in [5.41, 5.74) is 1.19. The molecule has 0 saturated carbocycles. The van der Waals surface area contributed by atoms with E-state index in [0.717, 1.165) is 5.69 Å². The summed E-state index contributed by atoms with van der Waals surface area (Å²) in [6.07, 6.45) is 1.59. The Morgan fingerprint density at radius 2 is 2.00 bits per heavy atom. The first-order chi connectivity index (χ1) is 5.61. The third-order valence-electron chi connectivity index (χ3n) is 1.55. The quantitative estimate of drug-likeness (QED) is 0.543. The number of aromatic nitrogens is 1. The van der Waals surface area contributed by atoms with E-state index in [9.17, 15) is 0 Å². The lowest BCUT2D eigenvalue weighted by molar-refractivity contribution is 0.424. The van der Waals surface area contributed by atoms with Crippen LogP contribution in [0.1, 0.15) is 0 Å². The van der Waals surface area contributed by atoms with Crippen LogP contribution in [0.3, 0.4) is 0 Å². The summed E-state index contributed by atoms with van der Waals surface area (Å²) in [5.74, 6) is 0. The van der Waals surface area contributed by atoms with Crippen molar-refractivity contribution in [2.75, 3.05) is 19.0 Å². The van der Waals surface area contributed by atoms with E-state index in [1.165, 1.54) is 0 Å². The van der Waals surface area contributed by atoms with Gasteiger partial charge in [0.2, 0.25) is 0 Å². The summed E-state index contributed by atoms with van der Waals surface area (Å²) in [4.78, 5) is 5.75. The molecule has 0 spiro atoms. The summed E-state index contributed by atoms with van der Waals surface area (Å²) < 4.78 is 0. The molecular weight excluding hydrogens is 155 g/mol. The van der Waals surface area contributed by atoms with Crippen molar-refractivity contribution >= 4 is 18.4 Å². The highest BCUT2D eigenvalue weighted by atomic mass is 16.4. The van der Waals surface area contributed by atoms with E-state index >= 15 is 0 Å². The van der Waals surface area contributed by atoms with Gasteiger partial charge in [0.1, 0.15) is 0 Å². The van der Waals surface area contributed by atoms with Crippen LogP contribution in [0.5, 0.6) is 0 Å². The Bertz CT molecular complexity index is 221. The van der Waals surface area contributed by atoms with Crippen molar-refractivity contribution in [1.82, 2.24) is 4.98 Å². The lowest BCUT2D eigenvalue weighted by atomic mass is 9.86. The molecule has 64 valence electrons. The van der Waals surface area contributed by atoms with Gasteiger partial charge >= 0.3 is 7.12 Å². The summed E-state index contributed by atoms with van der Waals surface area (Å²) in [7, 11) is 2.30. The second-order valence-corrected chi connectivity index (χ2v) is 2.71. The molecule has 0 radical (unpaired) electrons. The second-order valence-electron chi connectivity index (χ2n) is 2.71. The maximum absolute atomic E-state index is 8.73. The van der Waals surface area contributed by atoms with Crippen LogP contribution in [-0.4, -0.2) is 36.2 Å². The van der Waals surface area contributed by atoms with Crippen LogP contribution in [0.25, 0.3) is 0 Å². The maximum Gasteiger partial charge on any atom is 0.508 e. The molecule has 0 aliphatic heterocycles. The van der Waals surface area contributed by atoms with Crippen LogP contribution in [0, 0.1) is 0 Å². The highest BCUT2D eigenvalue weighted by Crippen LogP contribution is 2.04. The Hall–Kier alpha value is -1.07. The van der Waals surface area contributed by atoms with Gasteiger partial charge in [-0.3, -0.25) is 4.98 Å². The number of nitrogens with zero attached hydrogens (tertiary/aromatic N) is 2. The summed E-state index contributed by atoms with van der Waals surface area (Å²) in [6, 6.07) is 3.36. The monoisotopic (exact) mass is 166 g/mol. The lowest BCUT2D eigenvalue weighted by Gasteiger charge is -2.11. The van der Waals surface area contributed by atoms with Crippen molar-refractivity contribution in [1.29, 1.82) is 0 Å². The van der Waals surface area contributed by atoms with Crippen LogP contribution in [-0.2, 0) is 0 Å². The maximum atomic E-state index is 8.73. The summed E-state index contributed by atoms with van der Waals surface area (Å²) in [6.45, 7) is 0. The molecule has 4 nitrogen and oxygen atoms in total. The Balaban J connectivity index is 2.86. The van der Waals surface area contributed by atoms with E-state index in [2.05, 4.69) is 4.98 Å². The molecule has 0 aromatic carbocycles. The van der Waals surface area contributed by atoms with Gasteiger partial charge < -0.3 is 14.9 Å². The predicted molar refractivity (Wildman–Crippen MR) is 48.4 cm³/mol. The van der Waals surface area contributed by atoms with Gasteiger partial charge in [-0.15, -0.1) is 0 Å². The summed E-state index contributed by atoms with van der Waals surface area (Å²) >= 11 is 0. The minimum absolute atomic E-state index is 0.264. The molecule has 1 rings (SSSR count). The largest absolute Gasteiger partial charge is 0.508 e. The molecule has 1 aromatic heterocycles. The Labute approximate surface area is 71.6 Å². The molecule has 0 amide bonds. The second kappa shape index (κ2) is 3.56. The minimum atomic E-state index is -1.48. The van der Waals surface area contributed by atoms with Gasteiger partial charge in [0.25, 0.3) is 0 Å². The topological polar surface area (TPSA) is 56.6 Å². The van der Waals surface area contributed by atoms with E-state index in [-0.39, 0.29) is 5.59 Å². The highest BCUT2D eigenvalue weighted by Gasteiger charge is 2.11. The molecule has 12 heavy (non-hydrogen) atoms. The van der Waals surface area contributed by atoms with Gasteiger partial charge in [-0.25, -0.2) is 0 Å². The van der Waals surface area contributed by atoms with E-state index in [0.29, 0.717) is 0 Å². The number of pyridine rings is 1. The molecule has 0 unspecified atom stereocenters. The van der Waals surface area contributed by atoms with E-state index in [4.69, 9.17) is 10.0 Å². The van der Waals surface area contributed by atoms with Gasteiger partial charge in [-0.1, -0.05) is 0 Å². The van der Waals surface area contributed by atoms with Gasteiger partial charge in [0, 0.05) is 20.3 Å². The van der Waals surface area contributed by atoms with Crippen LogP contribution < -0.4 is 10.5 Å². The van der Waals surface area contributed by atoms with Crippen molar-refractivity contribution in [3.8, 4) is 0 Å². The molecule has 2 N–H and O–H groups in total. The molecule has 0 atom stereocenters. The fourth-order valence-electron chi connectivity index (χ4n) is 0.815. The lowest BCUT2D eigenvalue weighted by Crippen LogP contribution is -2.32. The fourth-order valence-corrected chi connectivity index (χ4v) is 0.815. The molecule has 1 heterocycles. The first-order valence-corrected chi connectivity index (χ1v) is 3.60. The molecule has 5 heteroatoms. The molecule has 1 aromatic rings. The SMILES string of the molecule is CN(C)c1ccc(B(O)O)nc1. The zero-order valence-corrected chi connectivity index (χ0v) is 7.10. The average molecular weight is 166 g/mol. The van der Waals surface area contributed by atoms with Crippen molar-refractivity contribution in [3.63, 3.8) is 0 Å². The molecular formula is C7H11BN2O2. The predicted octanol–water partition coefficient (Wildman–Crippen LogP) is -1.17. The van der Waals surface area contributed by atoms with Crippen LogP contribution in [0.15, 0.2) is 18.3 Å². The Kier molecular flexibility index (Phi) is 2.67. The average Bonchev–Trinajstić information content (AvgIpc) is 2.04. The Morgan fingerprint density at radius 3 is 2.33 bits per heavy atom. The van der Waals surface area contributed by atoms with Crippen LogP contribution >= 0.6 is 0 Å². The van der Waals surface area contributed by atoms with Crippen molar-refractivity contribution in [2.45, 2.75) is 0 Å². The first-order valence-electron chi connectivity index (χ1n) is 3.60. The van der Waals surface area contributed by atoms with Crippen molar-refractivity contribution in [2.24, 2.45) is 0 Å². The van der Waals surface area contributed by atoms with E-state index < -0.39 is 7.12 Å². The zero-order valence-electron chi connectivity index (χ0n) is 7.10.